The highest BCUT2D eigenvalue weighted by Crippen LogP contribution is 2.27. The lowest BCUT2D eigenvalue weighted by Crippen LogP contribution is -2.03. The molecule has 0 aliphatic rings. The first-order valence-electron chi connectivity index (χ1n) is 4.14. The van der Waals surface area contributed by atoms with Gasteiger partial charge in [0.1, 0.15) is 10.4 Å². The molecule has 2 aromatic rings. The van der Waals surface area contributed by atoms with Gasteiger partial charge >= 0.3 is 5.97 Å². The van der Waals surface area contributed by atoms with Gasteiger partial charge in [0.25, 0.3) is 0 Å². The summed E-state index contributed by atoms with van der Waals surface area (Å²) in [5.41, 5.74) is 0.613. The van der Waals surface area contributed by atoms with Crippen molar-refractivity contribution in [3.63, 3.8) is 0 Å². The van der Waals surface area contributed by atoms with Crippen molar-refractivity contribution in [2.45, 2.75) is 6.92 Å². The van der Waals surface area contributed by atoms with Crippen molar-refractivity contribution < 1.29 is 9.53 Å². The second-order valence-electron chi connectivity index (χ2n) is 2.69. The summed E-state index contributed by atoms with van der Waals surface area (Å²) in [6.45, 7) is 2.20. The largest absolute Gasteiger partial charge is 0.462 e. The lowest BCUT2D eigenvalue weighted by Gasteiger charge is -1.99. The molecule has 0 amide bonds. The zero-order valence-electron chi connectivity index (χ0n) is 7.49. The summed E-state index contributed by atoms with van der Waals surface area (Å²) in [6.07, 6.45) is 3.77. The normalized spacial score (nSPS) is 10.7. The second-order valence-corrected chi connectivity index (χ2v) is 4.44. The Balaban J connectivity index is 2.53. The fraction of sp³-hybridized carbons (Fsp3) is 0.222. The van der Waals surface area contributed by atoms with E-state index in [1.54, 1.807) is 6.92 Å². The molecule has 0 saturated heterocycles. The molecule has 0 N–H and O–H groups in total. The van der Waals surface area contributed by atoms with E-state index in [4.69, 9.17) is 4.74 Å². The van der Waals surface area contributed by atoms with Gasteiger partial charge in [0.15, 0.2) is 0 Å². The molecule has 74 valence electrons. The van der Waals surface area contributed by atoms with Crippen LogP contribution < -0.4 is 0 Å². The number of esters is 1. The van der Waals surface area contributed by atoms with Crippen molar-refractivity contribution in [3.05, 3.63) is 27.8 Å². The highest BCUT2D eigenvalue weighted by Gasteiger charge is 2.18. The number of ether oxygens (including phenoxy) is 1. The van der Waals surface area contributed by atoms with Gasteiger partial charge in [0.05, 0.1) is 11.1 Å². The smallest absolute Gasteiger partial charge is 0.342 e. The van der Waals surface area contributed by atoms with E-state index in [1.165, 1.54) is 11.3 Å². The Kier molecular flexibility index (Phi) is 2.60. The molecule has 0 saturated carbocycles. The van der Waals surface area contributed by atoms with Crippen molar-refractivity contribution in [2.75, 3.05) is 6.61 Å². The number of aromatic nitrogens is 1. The summed E-state index contributed by atoms with van der Waals surface area (Å²) in [7, 11) is 0. The van der Waals surface area contributed by atoms with Gasteiger partial charge < -0.3 is 9.14 Å². The van der Waals surface area contributed by atoms with Crippen LogP contribution in [0.25, 0.3) is 4.83 Å². The fourth-order valence-corrected chi connectivity index (χ4v) is 2.82. The lowest BCUT2D eigenvalue weighted by atomic mass is 10.3. The average molecular weight is 274 g/mol. The van der Waals surface area contributed by atoms with Gasteiger partial charge in [-0.05, 0) is 22.9 Å². The SMILES string of the molecule is CCOC(=O)c1c(Br)cn2ccsc12. The maximum absolute atomic E-state index is 11.6. The molecule has 5 heteroatoms. The molecule has 0 aromatic carbocycles. The van der Waals surface area contributed by atoms with Gasteiger partial charge in [0, 0.05) is 17.8 Å². The highest BCUT2D eigenvalue weighted by molar-refractivity contribution is 9.10. The van der Waals surface area contributed by atoms with Crippen LogP contribution in [0.4, 0.5) is 0 Å². The number of thiazole rings is 1. The Labute approximate surface area is 93.4 Å². The topological polar surface area (TPSA) is 30.7 Å². The zero-order chi connectivity index (χ0) is 10.1. The molecule has 2 heterocycles. The maximum atomic E-state index is 11.6. The molecule has 0 radical (unpaired) electrons. The lowest BCUT2D eigenvalue weighted by molar-refractivity contribution is 0.0528. The molecule has 0 unspecified atom stereocenters. The molecular formula is C9H8BrNO2S. The van der Waals surface area contributed by atoms with Gasteiger partial charge in [-0.1, -0.05) is 0 Å². The summed E-state index contributed by atoms with van der Waals surface area (Å²) in [6, 6.07) is 0. The quantitative estimate of drug-likeness (QED) is 0.788. The molecule has 0 aliphatic carbocycles. The summed E-state index contributed by atoms with van der Waals surface area (Å²) >= 11 is 4.87. The van der Waals surface area contributed by atoms with Crippen molar-refractivity contribution in [1.29, 1.82) is 0 Å². The number of rotatable bonds is 2. The highest BCUT2D eigenvalue weighted by atomic mass is 79.9. The molecule has 14 heavy (non-hydrogen) atoms. The van der Waals surface area contributed by atoms with Crippen LogP contribution in [-0.2, 0) is 4.74 Å². The predicted molar refractivity (Wildman–Crippen MR) is 58.9 cm³/mol. The Bertz CT molecular complexity index is 474. The van der Waals surface area contributed by atoms with Crippen LogP contribution in [0.15, 0.2) is 22.2 Å². The number of hydrogen-bond acceptors (Lipinski definition) is 3. The van der Waals surface area contributed by atoms with E-state index in [2.05, 4.69) is 15.9 Å². The van der Waals surface area contributed by atoms with Gasteiger partial charge in [0.2, 0.25) is 0 Å². The van der Waals surface area contributed by atoms with Crippen LogP contribution >= 0.6 is 27.3 Å². The minimum atomic E-state index is -0.274. The van der Waals surface area contributed by atoms with Crippen LogP contribution in [0.5, 0.6) is 0 Å². The van der Waals surface area contributed by atoms with Crippen molar-refractivity contribution >= 4 is 38.1 Å². The fourth-order valence-electron chi connectivity index (χ4n) is 1.26. The van der Waals surface area contributed by atoms with E-state index in [0.717, 1.165) is 9.30 Å². The molecular weight excluding hydrogens is 266 g/mol. The Morgan fingerprint density at radius 2 is 2.50 bits per heavy atom. The van der Waals surface area contributed by atoms with E-state index in [-0.39, 0.29) is 5.97 Å². The summed E-state index contributed by atoms with van der Waals surface area (Å²) in [5.74, 6) is -0.274. The molecule has 0 aliphatic heterocycles. The van der Waals surface area contributed by atoms with Gasteiger partial charge in [-0.2, -0.15) is 0 Å². The summed E-state index contributed by atoms with van der Waals surface area (Å²) < 4.78 is 7.65. The standard InChI is InChI=1S/C9H8BrNO2S/c1-2-13-9(12)7-6(10)5-11-3-4-14-8(7)11/h3-5H,2H2,1H3. The first kappa shape index (κ1) is 9.73. The first-order chi connectivity index (χ1) is 6.74. The molecule has 2 rings (SSSR count). The number of halogens is 1. The van der Waals surface area contributed by atoms with Crippen molar-refractivity contribution in [3.8, 4) is 0 Å². The third-order valence-electron chi connectivity index (χ3n) is 1.82. The Morgan fingerprint density at radius 3 is 3.21 bits per heavy atom. The van der Waals surface area contributed by atoms with Crippen LogP contribution in [0, 0.1) is 0 Å². The Hall–Kier alpha value is -0.810. The minimum Gasteiger partial charge on any atom is -0.462 e. The van der Waals surface area contributed by atoms with E-state index in [1.807, 2.05) is 22.2 Å². The third-order valence-corrected chi connectivity index (χ3v) is 3.32. The summed E-state index contributed by atoms with van der Waals surface area (Å²) in [5, 5.41) is 1.94. The zero-order valence-corrected chi connectivity index (χ0v) is 9.89. The third kappa shape index (κ3) is 1.46. The second kappa shape index (κ2) is 3.74. The van der Waals surface area contributed by atoms with E-state index in [0.29, 0.717) is 12.2 Å². The van der Waals surface area contributed by atoms with Gasteiger partial charge in [-0.3, -0.25) is 0 Å². The summed E-state index contributed by atoms with van der Waals surface area (Å²) in [4.78, 5) is 12.5. The maximum Gasteiger partial charge on any atom is 0.342 e. The molecule has 3 nitrogen and oxygen atoms in total. The first-order valence-corrected chi connectivity index (χ1v) is 5.82. The molecule has 0 fully saturated rings. The average Bonchev–Trinajstić information content (AvgIpc) is 2.63. The molecule has 0 spiro atoms. The monoisotopic (exact) mass is 273 g/mol. The number of nitrogens with zero attached hydrogens (tertiary/aromatic N) is 1. The van der Waals surface area contributed by atoms with Crippen molar-refractivity contribution in [2.24, 2.45) is 0 Å². The number of carbonyl (C=O) groups is 1. The van der Waals surface area contributed by atoms with Gasteiger partial charge in [-0.25, -0.2) is 4.79 Å². The Morgan fingerprint density at radius 1 is 1.71 bits per heavy atom. The number of carbonyl (C=O) groups excluding carboxylic acids is 1. The number of fused-ring (bicyclic) bond motifs is 1. The van der Waals surface area contributed by atoms with Crippen LogP contribution in [0.1, 0.15) is 17.3 Å². The minimum absolute atomic E-state index is 0.274. The molecule has 0 bridgehead atoms. The van der Waals surface area contributed by atoms with Crippen LogP contribution in [0.3, 0.4) is 0 Å². The predicted octanol–water partition coefficient (Wildman–Crippen LogP) is 2.94. The van der Waals surface area contributed by atoms with Gasteiger partial charge in [-0.15, -0.1) is 11.3 Å². The van der Waals surface area contributed by atoms with E-state index in [9.17, 15) is 4.79 Å². The molecule has 2 aromatic heterocycles. The van der Waals surface area contributed by atoms with E-state index < -0.39 is 0 Å². The van der Waals surface area contributed by atoms with Crippen LogP contribution in [0.2, 0.25) is 0 Å². The molecule has 0 atom stereocenters. The number of hydrogen-bond donors (Lipinski definition) is 0. The van der Waals surface area contributed by atoms with Crippen molar-refractivity contribution in [1.82, 2.24) is 4.40 Å². The van der Waals surface area contributed by atoms with E-state index >= 15 is 0 Å². The van der Waals surface area contributed by atoms with Crippen LogP contribution in [-0.4, -0.2) is 17.0 Å².